The van der Waals surface area contributed by atoms with Gasteiger partial charge in [0.15, 0.2) is 0 Å². The molecule has 36 heavy (non-hydrogen) atoms. The van der Waals surface area contributed by atoms with Crippen molar-refractivity contribution in [2.45, 2.75) is 63.7 Å². The topological polar surface area (TPSA) is 143 Å². The summed E-state index contributed by atoms with van der Waals surface area (Å²) in [7, 11) is -0.738. The summed E-state index contributed by atoms with van der Waals surface area (Å²) >= 11 is 0. The van der Waals surface area contributed by atoms with Gasteiger partial charge in [-0.15, -0.1) is 0 Å². The highest BCUT2D eigenvalue weighted by Gasteiger charge is 2.45. The van der Waals surface area contributed by atoms with Crippen molar-refractivity contribution in [1.29, 1.82) is 0 Å². The Bertz CT molecular complexity index is 938. The number of nitrogens with zero attached hydrogens (tertiary/aromatic N) is 2. The van der Waals surface area contributed by atoms with E-state index < -0.39 is 25.0 Å². The predicted molar refractivity (Wildman–Crippen MR) is 134 cm³/mol. The fourth-order valence-corrected chi connectivity index (χ4v) is 4.24. The van der Waals surface area contributed by atoms with Crippen molar-refractivity contribution in [3.8, 4) is 0 Å². The summed E-state index contributed by atoms with van der Waals surface area (Å²) in [6.45, 7) is 3.92. The average molecular weight is 498 g/mol. The first-order chi connectivity index (χ1) is 17.4. The van der Waals surface area contributed by atoms with Gasteiger partial charge in [-0.1, -0.05) is 44.2 Å². The van der Waals surface area contributed by atoms with Crippen LogP contribution in [0.15, 0.2) is 48.9 Å². The molecule has 1 fully saturated rings. The van der Waals surface area contributed by atoms with Crippen LogP contribution in [0.25, 0.3) is 0 Å². The maximum absolute atomic E-state index is 13.5. The van der Waals surface area contributed by atoms with Crippen LogP contribution in [-0.2, 0) is 20.5 Å². The van der Waals surface area contributed by atoms with Gasteiger partial charge in [0.1, 0.15) is 11.7 Å². The Morgan fingerprint density at radius 2 is 1.69 bits per heavy atom. The molecule has 0 radical (unpaired) electrons. The zero-order chi connectivity index (χ0) is 25.9. The van der Waals surface area contributed by atoms with Crippen LogP contribution in [0.5, 0.6) is 0 Å². The molecule has 1 aliphatic heterocycles. The maximum Gasteiger partial charge on any atom is 0.481 e. The first kappa shape index (κ1) is 27.7. The van der Waals surface area contributed by atoms with Gasteiger partial charge in [0.2, 0.25) is 5.91 Å². The first-order valence-corrected chi connectivity index (χ1v) is 12.3. The highest BCUT2D eigenvalue weighted by atomic mass is 16.7. The third-order valence-electron chi connectivity index (χ3n) is 5.94. The number of rotatable bonds is 13. The van der Waals surface area contributed by atoms with E-state index >= 15 is 0 Å². The largest absolute Gasteiger partial charge is 0.481 e. The van der Waals surface area contributed by atoms with Crippen molar-refractivity contribution < 1.29 is 29.1 Å². The van der Waals surface area contributed by atoms with E-state index in [0.717, 1.165) is 5.56 Å². The number of hydrogen-bond donors (Lipinski definition) is 4. The Labute approximate surface area is 212 Å². The van der Waals surface area contributed by atoms with Crippen LogP contribution in [0.4, 0.5) is 0 Å². The monoisotopic (exact) mass is 498 g/mol. The summed E-state index contributed by atoms with van der Waals surface area (Å²) < 4.78 is 12.1. The van der Waals surface area contributed by atoms with Gasteiger partial charge in [0.05, 0.1) is 24.3 Å². The zero-order valence-corrected chi connectivity index (χ0v) is 20.7. The normalized spacial score (nSPS) is 19.2. The Kier molecular flexibility index (Phi) is 10.8. The molecule has 4 atom stereocenters. The molecule has 1 aromatic carbocycles. The molecule has 0 bridgehead atoms. The van der Waals surface area contributed by atoms with Crippen LogP contribution >= 0.6 is 0 Å². The molecule has 0 saturated carbocycles. The summed E-state index contributed by atoms with van der Waals surface area (Å²) in [5, 5.41) is 24.6. The SMILES string of the molecule is CC(C)C[C@H](NC(=O)[C@H](Cc1ccccc1)NC(=O)c1cnccn1)B1OC(CCO)C(CCO)O1. The lowest BCUT2D eigenvalue weighted by Crippen LogP contribution is -2.55. The number of hydrogen-bond acceptors (Lipinski definition) is 8. The second-order valence-corrected chi connectivity index (χ2v) is 9.29. The molecule has 2 amide bonds. The highest BCUT2D eigenvalue weighted by molar-refractivity contribution is 6.47. The average Bonchev–Trinajstić information content (AvgIpc) is 3.27. The van der Waals surface area contributed by atoms with Crippen LogP contribution < -0.4 is 10.6 Å². The van der Waals surface area contributed by atoms with Crippen molar-refractivity contribution in [3.63, 3.8) is 0 Å². The third-order valence-corrected chi connectivity index (χ3v) is 5.94. The molecule has 0 spiro atoms. The molecule has 4 N–H and O–H groups in total. The van der Waals surface area contributed by atoms with E-state index in [1.165, 1.54) is 18.6 Å². The number of benzene rings is 1. The molecular weight excluding hydrogens is 463 g/mol. The van der Waals surface area contributed by atoms with Gasteiger partial charge >= 0.3 is 7.12 Å². The number of nitrogens with one attached hydrogen (secondary N) is 2. The Hall–Kier alpha value is -2.86. The van der Waals surface area contributed by atoms with Crippen molar-refractivity contribution in [2.75, 3.05) is 13.2 Å². The molecule has 3 rings (SSSR count). The van der Waals surface area contributed by atoms with Crippen LogP contribution in [0.2, 0.25) is 0 Å². The molecular formula is C25H35BN4O6. The summed E-state index contributed by atoms with van der Waals surface area (Å²) in [6, 6.07) is 8.54. The number of aliphatic hydroxyl groups is 2. The van der Waals surface area contributed by atoms with E-state index in [9.17, 15) is 19.8 Å². The summed E-state index contributed by atoms with van der Waals surface area (Å²) in [6.07, 6.45) is 5.06. The Balaban J connectivity index is 1.77. The van der Waals surface area contributed by atoms with E-state index in [4.69, 9.17) is 9.31 Å². The Morgan fingerprint density at radius 1 is 1.03 bits per heavy atom. The minimum atomic E-state index is -0.876. The number of amides is 2. The number of carbonyl (C=O) groups is 2. The van der Waals surface area contributed by atoms with Gasteiger partial charge in [-0.05, 0) is 30.7 Å². The summed E-state index contributed by atoms with van der Waals surface area (Å²) in [5.41, 5.74) is 1.00. The second kappa shape index (κ2) is 14.0. The first-order valence-electron chi connectivity index (χ1n) is 12.3. The molecule has 10 nitrogen and oxygen atoms in total. The molecule has 1 aliphatic rings. The lowest BCUT2D eigenvalue weighted by atomic mass is 9.74. The van der Waals surface area contributed by atoms with Gasteiger partial charge in [-0.25, -0.2) is 4.98 Å². The lowest BCUT2D eigenvalue weighted by molar-refractivity contribution is -0.123. The molecule has 2 unspecified atom stereocenters. The molecule has 0 aliphatic carbocycles. The zero-order valence-electron chi connectivity index (χ0n) is 20.7. The summed E-state index contributed by atoms with van der Waals surface area (Å²) in [5.74, 6) is -1.15. The van der Waals surface area contributed by atoms with Crippen molar-refractivity contribution in [2.24, 2.45) is 5.92 Å². The van der Waals surface area contributed by atoms with E-state index in [-0.39, 0.29) is 49.4 Å². The predicted octanol–water partition coefficient (Wildman–Crippen LogP) is 0.925. The van der Waals surface area contributed by atoms with Gasteiger partial charge < -0.3 is 30.2 Å². The minimum absolute atomic E-state index is 0.0720. The number of aliphatic hydroxyl groups excluding tert-OH is 2. The molecule has 2 heterocycles. The maximum atomic E-state index is 13.5. The van der Waals surface area contributed by atoms with Crippen molar-refractivity contribution in [1.82, 2.24) is 20.6 Å². The van der Waals surface area contributed by atoms with Gasteiger partial charge in [0.25, 0.3) is 5.91 Å². The van der Waals surface area contributed by atoms with Gasteiger partial charge in [-0.2, -0.15) is 0 Å². The number of aromatic nitrogens is 2. The second-order valence-electron chi connectivity index (χ2n) is 9.29. The fourth-order valence-electron chi connectivity index (χ4n) is 4.24. The highest BCUT2D eigenvalue weighted by Crippen LogP contribution is 2.25. The standard InChI is InChI=1S/C25H35BN4O6/c1-17(2)14-23(26-35-21(8-12-31)22(36-26)9-13-32)30-24(33)19(15-18-6-4-3-5-7-18)29-25(34)20-16-27-10-11-28-20/h3-7,10-11,16-17,19,21-23,31-32H,8-9,12-15H2,1-2H3,(H,29,34)(H,30,33)/t19-,21?,22?,23-/m0/s1. The minimum Gasteiger partial charge on any atom is -0.404 e. The molecule has 1 aromatic heterocycles. The van der Waals surface area contributed by atoms with E-state index in [2.05, 4.69) is 20.6 Å². The quantitative estimate of drug-likeness (QED) is 0.299. The molecule has 194 valence electrons. The van der Waals surface area contributed by atoms with Crippen molar-refractivity contribution >= 4 is 18.9 Å². The number of carbonyl (C=O) groups excluding carboxylic acids is 2. The summed E-state index contributed by atoms with van der Waals surface area (Å²) in [4.78, 5) is 34.3. The molecule has 1 saturated heterocycles. The third kappa shape index (κ3) is 8.09. The van der Waals surface area contributed by atoms with Crippen LogP contribution in [0.3, 0.4) is 0 Å². The van der Waals surface area contributed by atoms with E-state index in [1.807, 2.05) is 44.2 Å². The Morgan fingerprint density at radius 3 is 2.25 bits per heavy atom. The molecule has 2 aromatic rings. The van der Waals surface area contributed by atoms with Crippen LogP contribution in [0, 0.1) is 5.92 Å². The van der Waals surface area contributed by atoms with Crippen LogP contribution in [0.1, 0.15) is 49.2 Å². The molecule has 11 heteroatoms. The van der Waals surface area contributed by atoms with Gasteiger partial charge in [-0.3, -0.25) is 14.6 Å². The smallest absolute Gasteiger partial charge is 0.404 e. The lowest BCUT2D eigenvalue weighted by Gasteiger charge is -2.26. The fraction of sp³-hybridized carbons (Fsp3) is 0.520. The van der Waals surface area contributed by atoms with E-state index in [0.29, 0.717) is 19.3 Å². The van der Waals surface area contributed by atoms with Crippen molar-refractivity contribution in [3.05, 3.63) is 60.2 Å². The van der Waals surface area contributed by atoms with E-state index in [1.54, 1.807) is 0 Å². The van der Waals surface area contributed by atoms with Crippen LogP contribution in [-0.4, -0.2) is 76.5 Å². The van der Waals surface area contributed by atoms with Gasteiger partial charge in [0, 0.05) is 32.0 Å².